The van der Waals surface area contributed by atoms with Gasteiger partial charge in [-0.05, 0) is 49.9 Å². The lowest BCUT2D eigenvalue weighted by Gasteiger charge is -2.10. The molecule has 3 aromatic rings. The van der Waals surface area contributed by atoms with E-state index in [1.165, 1.54) is 18.5 Å². The summed E-state index contributed by atoms with van der Waals surface area (Å²) >= 11 is 0. The molecule has 2 aliphatic carbocycles. The van der Waals surface area contributed by atoms with Crippen LogP contribution >= 0.6 is 0 Å². The number of hydrogen-bond donors (Lipinski definition) is 0. The number of nitrogens with zero attached hydrogens (tertiary/aromatic N) is 4. The molecule has 0 atom stereocenters. The quantitative estimate of drug-likeness (QED) is 0.663. The molecule has 2 heterocycles. The Hall–Kier alpha value is -3.07. The fourth-order valence-corrected chi connectivity index (χ4v) is 3.27. The van der Waals surface area contributed by atoms with Crippen molar-refractivity contribution in [2.75, 3.05) is 0 Å². The van der Waals surface area contributed by atoms with E-state index in [1.54, 1.807) is 18.4 Å². The van der Waals surface area contributed by atoms with E-state index in [-0.39, 0.29) is 0 Å². The third-order valence-corrected chi connectivity index (χ3v) is 4.91. The smallest absolute Gasteiger partial charge is 0.172 e. The Morgan fingerprint density at radius 1 is 1.12 bits per heavy atom. The number of benzene rings is 1. The lowest BCUT2D eigenvalue weighted by atomic mass is 10.2. The fourth-order valence-electron chi connectivity index (χ4n) is 3.27. The Morgan fingerprint density at radius 2 is 1.88 bits per heavy atom. The first kappa shape index (κ1) is 15.2. The standard InChI is InChI=1S/C20H18N4O2/c21-11-13-1-7-17(8-2-13)26-20-18(14-3-4-14)22-24(19(20)15-5-6-15)12-16-9-10-25-23-16/h1-2,7-10,14-15H,3-6,12H2. The Kier molecular flexibility index (Phi) is 3.52. The predicted octanol–water partition coefficient (Wildman–Crippen LogP) is 4.34. The van der Waals surface area contributed by atoms with Crippen molar-refractivity contribution in [3.63, 3.8) is 0 Å². The van der Waals surface area contributed by atoms with Crippen molar-refractivity contribution in [3.05, 3.63) is 59.2 Å². The maximum atomic E-state index is 8.98. The topological polar surface area (TPSA) is 76.9 Å². The van der Waals surface area contributed by atoms with Crippen LogP contribution in [-0.2, 0) is 6.54 Å². The van der Waals surface area contributed by atoms with E-state index in [4.69, 9.17) is 19.6 Å². The Labute approximate surface area is 151 Å². The molecule has 0 radical (unpaired) electrons. The Bertz CT molecular complexity index is 959. The monoisotopic (exact) mass is 346 g/mol. The number of aromatic nitrogens is 3. The van der Waals surface area contributed by atoms with E-state index < -0.39 is 0 Å². The van der Waals surface area contributed by atoms with E-state index in [2.05, 4.69) is 11.2 Å². The minimum atomic E-state index is 0.486. The minimum absolute atomic E-state index is 0.486. The van der Waals surface area contributed by atoms with Gasteiger partial charge in [-0.1, -0.05) is 5.16 Å². The second-order valence-corrected chi connectivity index (χ2v) is 7.03. The van der Waals surface area contributed by atoms with Crippen LogP contribution in [0.4, 0.5) is 0 Å². The summed E-state index contributed by atoms with van der Waals surface area (Å²) in [7, 11) is 0. The summed E-state index contributed by atoms with van der Waals surface area (Å²) < 4.78 is 13.3. The number of hydrogen-bond acceptors (Lipinski definition) is 5. The zero-order chi connectivity index (χ0) is 17.5. The van der Waals surface area contributed by atoms with Crippen LogP contribution in [0.15, 0.2) is 41.1 Å². The fraction of sp³-hybridized carbons (Fsp3) is 0.350. The van der Waals surface area contributed by atoms with Crippen LogP contribution in [0.25, 0.3) is 0 Å². The molecule has 0 N–H and O–H groups in total. The summed E-state index contributed by atoms with van der Waals surface area (Å²) in [5.74, 6) is 2.63. The Balaban J connectivity index is 1.53. The average Bonchev–Trinajstić information content (AvgIpc) is 3.60. The lowest BCUT2D eigenvalue weighted by molar-refractivity contribution is 0.407. The second-order valence-electron chi connectivity index (χ2n) is 7.03. The highest BCUT2D eigenvalue weighted by atomic mass is 16.5. The van der Waals surface area contributed by atoms with Gasteiger partial charge in [-0.25, -0.2) is 0 Å². The van der Waals surface area contributed by atoms with E-state index in [9.17, 15) is 0 Å². The van der Waals surface area contributed by atoms with Gasteiger partial charge in [-0.2, -0.15) is 10.4 Å². The van der Waals surface area contributed by atoms with E-state index in [0.29, 0.717) is 23.9 Å². The molecule has 0 spiro atoms. The van der Waals surface area contributed by atoms with E-state index >= 15 is 0 Å². The van der Waals surface area contributed by atoms with Gasteiger partial charge in [-0.15, -0.1) is 0 Å². The first-order chi connectivity index (χ1) is 12.8. The van der Waals surface area contributed by atoms with Crippen molar-refractivity contribution in [3.8, 4) is 17.6 Å². The van der Waals surface area contributed by atoms with Crippen LogP contribution < -0.4 is 4.74 Å². The molecule has 1 aromatic carbocycles. The maximum absolute atomic E-state index is 8.98. The third-order valence-electron chi connectivity index (χ3n) is 4.91. The van der Waals surface area contributed by atoms with Crippen molar-refractivity contribution in [2.24, 2.45) is 0 Å². The summed E-state index contributed by atoms with van der Waals surface area (Å²) in [4.78, 5) is 0. The molecule has 6 heteroatoms. The van der Waals surface area contributed by atoms with Gasteiger partial charge in [0.25, 0.3) is 0 Å². The van der Waals surface area contributed by atoms with Crippen molar-refractivity contribution >= 4 is 0 Å². The predicted molar refractivity (Wildman–Crippen MR) is 93.0 cm³/mol. The van der Waals surface area contributed by atoms with Crippen molar-refractivity contribution in [1.82, 2.24) is 14.9 Å². The number of ether oxygens (including phenoxy) is 1. The molecule has 26 heavy (non-hydrogen) atoms. The van der Waals surface area contributed by atoms with E-state index in [1.807, 2.05) is 22.9 Å². The zero-order valence-electron chi connectivity index (χ0n) is 14.3. The zero-order valence-corrected chi connectivity index (χ0v) is 14.3. The van der Waals surface area contributed by atoms with Gasteiger partial charge in [0.15, 0.2) is 5.75 Å². The first-order valence-electron chi connectivity index (χ1n) is 8.99. The van der Waals surface area contributed by atoms with Crippen molar-refractivity contribution < 1.29 is 9.26 Å². The first-order valence-corrected chi connectivity index (χ1v) is 8.99. The molecule has 2 aliphatic rings. The maximum Gasteiger partial charge on any atom is 0.172 e. The minimum Gasteiger partial charge on any atom is -0.453 e. The van der Waals surface area contributed by atoms with Crippen LogP contribution in [0.3, 0.4) is 0 Å². The highest BCUT2D eigenvalue weighted by Gasteiger charge is 2.38. The summed E-state index contributed by atoms with van der Waals surface area (Å²) in [5, 5.41) is 17.9. The molecular formula is C20H18N4O2. The van der Waals surface area contributed by atoms with Gasteiger partial charge >= 0.3 is 0 Å². The highest BCUT2D eigenvalue weighted by Crippen LogP contribution is 2.52. The molecule has 0 unspecified atom stereocenters. The molecule has 2 saturated carbocycles. The summed E-state index contributed by atoms with van der Waals surface area (Å²) in [6, 6.07) is 11.3. The van der Waals surface area contributed by atoms with Crippen molar-refractivity contribution in [1.29, 1.82) is 5.26 Å². The molecule has 130 valence electrons. The van der Waals surface area contributed by atoms with Crippen LogP contribution in [-0.4, -0.2) is 14.9 Å². The summed E-state index contributed by atoms with van der Waals surface area (Å²) in [6.45, 7) is 0.596. The largest absolute Gasteiger partial charge is 0.453 e. The highest BCUT2D eigenvalue weighted by molar-refractivity contribution is 5.46. The summed E-state index contributed by atoms with van der Waals surface area (Å²) in [5.41, 5.74) is 3.71. The molecular weight excluding hydrogens is 328 g/mol. The van der Waals surface area contributed by atoms with Gasteiger partial charge in [0, 0.05) is 17.9 Å². The lowest BCUT2D eigenvalue weighted by Crippen LogP contribution is -2.06. The molecule has 5 rings (SSSR count). The molecule has 2 fully saturated rings. The molecule has 6 nitrogen and oxygen atoms in total. The van der Waals surface area contributed by atoms with Crippen molar-refractivity contribution in [2.45, 2.75) is 44.1 Å². The Morgan fingerprint density at radius 3 is 2.50 bits per heavy atom. The molecule has 0 amide bonds. The van der Waals surface area contributed by atoms with Crippen LogP contribution in [0.1, 0.15) is 60.2 Å². The van der Waals surface area contributed by atoms with Gasteiger partial charge in [0.1, 0.15) is 23.4 Å². The van der Waals surface area contributed by atoms with Gasteiger partial charge in [-0.3, -0.25) is 4.68 Å². The van der Waals surface area contributed by atoms with Gasteiger partial charge < -0.3 is 9.26 Å². The van der Waals surface area contributed by atoms with Crippen LogP contribution in [0.2, 0.25) is 0 Å². The normalized spacial score (nSPS) is 16.4. The average molecular weight is 346 g/mol. The number of nitriles is 1. The number of rotatable bonds is 6. The van der Waals surface area contributed by atoms with Crippen LogP contribution in [0, 0.1) is 11.3 Å². The molecule has 0 bridgehead atoms. The third kappa shape index (κ3) is 2.86. The summed E-state index contributed by atoms with van der Waals surface area (Å²) in [6.07, 6.45) is 6.24. The molecule has 0 aliphatic heterocycles. The molecule has 2 aromatic heterocycles. The van der Waals surface area contributed by atoms with Gasteiger partial charge in [0.2, 0.25) is 0 Å². The van der Waals surface area contributed by atoms with E-state index in [0.717, 1.165) is 35.7 Å². The SMILES string of the molecule is N#Cc1ccc(Oc2c(C3CC3)nn(Cc3ccon3)c2C2CC2)cc1. The van der Waals surface area contributed by atoms with Gasteiger partial charge in [0.05, 0.1) is 23.9 Å². The second kappa shape index (κ2) is 6.03. The molecule has 0 saturated heterocycles. The van der Waals surface area contributed by atoms with Crippen LogP contribution in [0.5, 0.6) is 11.5 Å².